The molecule has 0 saturated carbocycles. The van der Waals surface area contributed by atoms with E-state index >= 15 is 0 Å². The van der Waals surface area contributed by atoms with Gasteiger partial charge in [-0.15, -0.1) is 11.3 Å². The molecule has 1 aromatic heterocycles. The lowest BCUT2D eigenvalue weighted by Crippen LogP contribution is -2.27. The Hall–Kier alpha value is -1.68. The van der Waals surface area contributed by atoms with Crippen LogP contribution < -0.4 is 5.32 Å². The second-order valence-electron chi connectivity index (χ2n) is 5.09. The molecule has 1 aliphatic rings. The van der Waals surface area contributed by atoms with Crippen LogP contribution in [0.25, 0.3) is 0 Å². The lowest BCUT2D eigenvalue weighted by molar-refractivity contribution is -0.122. The molecule has 1 heterocycles. The molecule has 2 aromatic rings. The van der Waals surface area contributed by atoms with Crippen molar-refractivity contribution in [2.45, 2.75) is 38.6 Å². The molecule has 4 heteroatoms. The van der Waals surface area contributed by atoms with Crippen molar-refractivity contribution in [3.63, 3.8) is 0 Å². The first kappa shape index (κ1) is 13.3. The van der Waals surface area contributed by atoms with E-state index in [1.807, 2.05) is 12.1 Å². The van der Waals surface area contributed by atoms with E-state index in [0.29, 0.717) is 6.54 Å². The molecule has 0 saturated heterocycles. The van der Waals surface area contributed by atoms with E-state index in [9.17, 15) is 4.79 Å². The van der Waals surface area contributed by atoms with Gasteiger partial charge in [0.05, 0.1) is 18.2 Å². The molecule has 3 nitrogen and oxygen atoms in total. The minimum atomic E-state index is 0.0109. The molecule has 104 valence electrons. The summed E-state index contributed by atoms with van der Waals surface area (Å²) in [5.41, 5.74) is 3.61. The smallest absolute Gasteiger partial charge is 0.227 e. The van der Waals surface area contributed by atoms with Gasteiger partial charge in [-0.3, -0.25) is 4.79 Å². The van der Waals surface area contributed by atoms with Crippen LogP contribution in [-0.2, 0) is 24.2 Å². The SMILES string of the molecule is CCc1csc(CNC(=O)[C@@H]2CCc3ccccc32)n1. The molecule has 0 spiro atoms. The number of hydrogen-bond donors (Lipinski definition) is 1. The fraction of sp³-hybridized carbons (Fsp3) is 0.375. The second kappa shape index (κ2) is 5.75. The van der Waals surface area contributed by atoms with E-state index in [1.165, 1.54) is 11.1 Å². The fourth-order valence-electron chi connectivity index (χ4n) is 2.71. The van der Waals surface area contributed by atoms with Gasteiger partial charge in [0.2, 0.25) is 5.91 Å². The molecular formula is C16H18N2OS. The Morgan fingerprint density at radius 2 is 2.30 bits per heavy atom. The minimum absolute atomic E-state index is 0.0109. The van der Waals surface area contributed by atoms with E-state index in [4.69, 9.17) is 0 Å². The van der Waals surface area contributed by atoms with Crippen molar-refractivity contribution >= 4 is 17.2 Å². The van der Waals surface area contributed by atoms with E-state index < -0.39 is 0 Å². The Balaban J connectivity index is 1.63. The van der Waals surface area contributed by atoms with Gasteiger partial charge in [-0.1, -0.05) is 31.2 Å². The molecule has 1 N–H and O–H groups in total. The number of fused-ring (bicyclic) bond motifs is 1. The average Bonchev–Trinajstić information content (AvgIpc) is 3.11. The second-order valence-corrected chi connectivity index (χ2v) is 6.04. The lowest BCUT2D eigenvalue weighted by atomic mass is 10.0. The van der Waals surface area contributed by atoms with Gasteiger partial charge in [0, 0.05) is 5.38 Å². The lowest BCUT2D eigenvalue weighted by Gasteiger charge is -2.11. The number of nitrogens with zero attached hydrogens (tertiary/aromatic N) is 1. The normalized spacial score (nSPS) is 16.9. The first-order valence-electron chi connectivity index (χ1n) is 7.06. The summed E-state index contributed by atoms with van der Waals surface area (Å²) in [7, 11) is 0. The van der Waals surface area contributed by atoms with Crippen LogP contribution in [0.15, 0.2) is 29.6 Å². The predicted molar refractivity (Wildman–Crippen MR) is 80.8 cm³/mol. The van der Waals surface area contributed by atoms with Gasteiger partial charge < -0.3 is 5.32 Å². The summed E-state index contributed by atoms with van der Waals surface area (Å²) in [6.45, 7) is 2.63. The van der Waals surface area contributed by atoms with Crippen LogP contribution in [0, 0.1) is 0 Å². The maximum atomic E-state index is 12.3. The minimum Gasteiger partial charge on any atom is -0.349 e. The Labute approximate surface area is 123 Å². The van der Waals surface area contributed by atoms with Crippen LogP contribution in [-0.4, -0.2) is 10.9 Å². The van der Waals surface area contributed by atoms with Crippen LogP contribution in [0.1, 0.15) is 41.1 Å². The number of hydrogen-bond acceptors (Lipinski definition) is 3. The van der Waals surface area contributed by atoms with Crippen molar-refractivity contribution in [1.29, 1.82) is 0 Å². The number of benzene rings is 1. The molecule has 0 bridgehead atoms. The van der Waals surface area contributed by atoms with Crippen molar-refractivity contribution in [3.8, 4) is 0 Å². The van der Waals surface area contributed by atoms with E-state index in [1.54, 1.807) is 11.3 Å². The third kappa shape index (κ3) is 2.61. The number of aryl methyl sites for hydroxylation is 2. The first-order valence-corrected chi connectivity index (χ1v) is 7.94. The molecule has 3 rings (SSSR count). The number of carbonyl (C=O) groups excluding carboxylic acids is 1. The van der Waals surface area contributed by atoms with Crippen LogP contribution in [0.5, 0.6) is 0 Å². The fourth-order valence-corrected chi connectivity index (χ4v) is 3.52. The number of rotatable bonds is 4. The summed E-state index contributed by atoms with van der Waals surface area (Å²) in [5.74, 6) is 0.139. The van der Waals surface area contributed by atoms with Gasteiger partial charge in [0.15, 0.2) is 0 Å². The van der Waals surface area contributed by atoms with Crippen LogP contribution in [0.4, 0.5) is 0 Å². The van der Waals surface area contributed by atoms with E-state index in [-0.39, 0.29) is 11.8 Å². The third-order valence-corrected chi connectivity index (χ3v) is 4.72. The summed E-state index contributed by atoms with van der Waals surface area (Å²) < 4.78 is 0. The highest BCUT2D eigenvalue weighted by Gasteiger charge is 2.27. The maximum absolute atomic E-state index is 12.3. The zero-order valence-corrected chi connectivity index (χ0v) is 12.4. The molecule has 0 aliphatic heterocycles. The molecule has 1 atom stereocenters. The highest BCUT2D eigenvalue weighted by molar-refractivity contribution is 7.09. The number of aromatic nitrogens is 1. The molecule has 0 unspecified atom stereocenters. The summed E-state index contributed by atoms with van der Waals surface area (Å²) in [4.78, 5) is 16.8. The highest BCUT2D eigenvalue weighted by Crippen LogP contribution is 2.32. The molecule has 0 fully saturated rings. The number of thiazole rings is 1. The Bertz CT molecular complexity index is 620. The third-order valence-electron chi connectivity index (χ3n) is 3.82. The summed E-state index contributed by atoms with van der Waals surface area (Å²) in [5, 5.41) is 6.08. The number of amides is 1. The molecule has 1 aromatic carbocycles. The van der Waals surface area contributed by atoms with Crippen molar-refractivity contribution < 1.29 is 4.79 Å². The maximum Gasteiger partial charge on any atom is 0.227 e. The van der Waals surface area contributed by atoms with Crippen molar-refractivity contribution in [2.24, 2.45) is 0 Å². The standard InChI is InChI=1S/C16H18N2OS/c1-2-12-10-20-15(18-12)9-17-16(19)14-8-7-11-5-3-4-6-13(11)14/h3-6,10,14H,2,7-9H2,1H3,(H,17,19)/t14-/m1/s1. The highest BCUT2D eigenvalue weighted by atomic mass is 32.1. The number of nitrogens with one attached hydrogen (secondary N) is 1. The molecular weight excluding hydrogens is 268 g/mol. The van der Waals surface area contributed by atoms with E-state index in [0.717, 1.165) is 30.0 Å². The summed E-state index contributed by atoms with van der Waals surface area (Å²) in [6.07, 6.45) is 2.87. The van der Waals surface area contributed by atoms with Gasteiger partial charge in [-0.05, 0) is 30.4 Å². The topological polar surface area (TPSA) is 42.0 Å². The predicted octanol–water partition coefficient (Wildman–Crippen LogP) is 3.05. The van der Waals surface area contributed by atoms with Crippen LogP contribution in [0.2, 0.25) is 0 Å². The average molecular weight is 286 g/mol. The molecule has 1 aliphatic carbocycles. The van der Waals surface area contributed by atoms with E-state index in [2.05, 4.69) is 34.7 Å². The first-order chi connectivity index (χ1) is 9.78. The number of carbonyl (C=O) groups is 1. The molecule has 1 amide bonds. The van der Waals surface area contributed by atoms with Gasteiger partial charge in [-0.25, -0.2) is 4.98 Å². The van der Waals surface area contributed by atoms with Gasteiger partial charge >= 0.3 is 0 Å². The van der Waals surface area contributed by atoms with Gasteiger partial charge in [-0.2, -0.15) is 0 Å². The zero-order chi connectivity index (χ0) is 13.9. The van der Waals surface area contributed by atoms with Gasteiger partial charge in [0.25, 0.3) is 0 Å². The zero-order valence-electron chi connectivity index (χ0n) is 11.6. The monoisotopic (exact) mass is 286 g/mol. The largest absolute Gasteiger partial charge is 0.349 e. The van der Waals surface area contributed by atoms with Gasteiger partial charge in [0.1, 0.15) is 5.01 Å². The van der Waals surface area contributed by atoms with Crippen LogP contribution >= 0.6 is 11.3 Å². The summed E-state index contributed by atoms with van der Waals surface area (Å²) in [6, 6.07) is 8.25. The molecule has 20 heavy (non-hydrogen) atoms. The van der Waals surface area contributed by atoms with Crippen molar-refractivity contribution in [1.82, 2.24) is 10.3 Å². The Morgan fingerprint density at radius 3 is 3.10 bits per heavy atom. The molecule has 0 radical (unpaired) electrons. The van der Waals surface area contributed by atoms with Crippen molar-refractivity contribution in [3.05, 3.63) is 51.5 Å². The summed E-state index contributed by atoms with van der Waals surface area (Å²) >= 11 is 1.62. The van der Waals surface area contributed by atoms with Crippen molar-refractivity contribution in [2.75, 3.05) is 0 Å². The Morgan fingerprint density at radius 1 is 1.45 bits per heavy atom. The Kier molecular flexibility index (Phi) is 3.83. The quantitative estimate of drug-likeness (QED) is 0.938. The van der Waals surface area contributed by atoms with Crippen LogP contribution in [0.3, 0.4) is 0 Å².